The fraction of sp³-hybridized carbons (Fsp3) is 0.0526. The molecule has 4 rings (SSSR count). The van der Waals surface area contributed by atoms with E-state index in [9.17, 15) is 0 Å². The summed E-state index contributed by atoms with van der Waals surface area (Å²) in [5, 5.41) is 5.04. The summed E-state index contributed by atoms with van der Waals surface area (Å²) in [6.07, 6.45) is 5.56. The lowest BCUT2D eigenvalue weighted by atomic mass is 10.2. The molecule has 0 fully saturated rings. The minimum absolute atomic E-state index is 0.801. The Hall–Kier alpha value is -2.99. The molecule has 2 heterocycles. The number of rotatable bonds is 5. The van der Waals surface area contributed by atoms with Gasteiger partial charge in [-0.15, -0.1) is 0 Å². The Balaban J connectivity index is 1.46. The third kappa shape index (κ3) is 3.44. The van der Waals surface area contributed by atoms with Gasteiger partial charge in [-0.05, 0) is 23.8 Å². The molecule has 124 valence electrons. The molecule has 0 saturated heterocycles. The van der Waals surface area contributed by atoms with Crippen LogP contribution in [0, 0.1) is 0 Å². The number of hydrogen-bond donors (Lipinski definition) is 1. The van der Waals surface area contributed by atoms with Crippen LogP contribution in [0.4, 0.5) is 0 Å². The number of nitrogens with two attached hydrogens (primary N) is 1. The Bertz CT molecular complexity index is 943. The van der Waals surface area contributed by atoms with Crippen molar-refractivity contribution in [1.82, 2.24) is 19.4 Å². The van der Waals surface area contributed by atoms with E-state index in [1.807, 2.05) is 53.5 Å². The Morgan fingerprint density at radius 3 is 2.48 bits per heavy atom. The fourth-order valence-corrected chi connectivity index (χ4v) is 3.40. The van der Waals surface area contributed by atoms with Crippen molar-refractivity contribution in [3.8, 4) is 16.9 Å². The first-order chi connectivity index (χ1) is 12.3. The first-order valence-electron chi connectivity index (χ1n) is 7.91. The summed E-state index contributed by atoms with van der Waals surface area (Å²) in [5.74, 6) is 6.86. The van der Waals surface area contributed by atoms with Crippen molar-refractivity contribution in [2.75, 3.05) is 5.84 Å². The average Bonchev–Trinajstić information content (AvgIpc) is 3.31. The highest BCUT2D eigenvalue weighted by Crippen LogP contribution is 2.25. The summed E-state index contributed by atoms with van der Waals surface area (Å²) in [5.41, 5.74) is 4.22. The Kier molecular flexibility index (Phi) is 4.26. The molecule has 6 heteroatoms. The maximum atomic E-state index is 6.05. The van der Waals surface area contributed by atoms with Crippen LogP contribution in [0.2, 0.25) is 0 Å². The molecule has 4 aromatic rings. The Labute approximate surface area is 150 Å². The van der Waals surface area contributed by atoms with Crippen molar-refractivity contribution in [2.24, 2.45) is 0 Å². The molecule has 0 aliphatic carbocycles. The van der Waals surface area contributed by atoms with Crippen LogP contribution in [-0.4, -0.2) is 19.4 Å². The lowest BCUT2D eigenvalue weighted by Crippen LogP contribution is -2.07. The first-order valence-corrected chi connectivity index (χ1v) is 8.90. The van der Waals surface area contributed by atoms with E-state index >= 15 is 0 Å². The summed E-state index contributed by atoms with van der Waals surface area (Å²) in [7, 11) is 0. The maximum absolute atomic E-state index is 6.05. The largest absolute Gasteiger partial charge is 0.337 e. The van der Waals surface area contributed by atoms with Gasteiger partial charge in [-0.3, -0.25) is 0 Å². The van der Waals surface area contributed by atoms with E-state index in [2.05, 4.69) is 34.3 Å². The number of nitrogen functional groups attached to an aromatic ring is 1. The number of aromatic nitrogens is 4. The zero-order valence-corrected chi connectivity index (χ0v) is 14.3. The highest BCUT2D eigenvalue weighted by molar-refractivity contribution is 7.98. The van der Waals surface area contributed by atoms with Gasteiger partial charge in [0.15, 0.2) is 5.16 Å². The maximum Gasteiger partial charge on any atom is 0.187 e. The van der Waals surface area contributed by atoms with Gasteiger partial charge in [-0.25, -0.2) is 14.3 Å². The number of benzene rings is 2. The molecule has 2 aromatic heterocycles. The molecule has 0 aliphatic heterocycles. The van der Waals surface area contributed by atoms with Crippen LogP contribution in [0.15, 0.2) is 84.4 Å². The van der Waals surface area contributed by atoms with Crippen molar-refractivity contribution < 1.29 is 0 Å². The predicted octanol–water partition coefficient (Wildman–Crippen LogP) is 3.74. The quantitative estimate of drug-likeness (QED) is 0.441. The third-order valence-corrected chi connectivity index (χ3v) is 4.88. The van der Waals surface area contributed by atoms with Crippen LogP contribution in [0.1, 0.15) is 5.56 Å². The van der Waals surface area contributed by atoms with Crippen LogP contribution < -0.4 is 5.84 Å². The van der Waals surface area contributed by atoms with Crippen LogP contribution in [-0.2, 0) is 5.75 Å². The molecule has 0 unspecified atom stereocenters. The average molecular weight is 347 g/mol. The smallest absolute Gasteiger partial charge is 0.187 e. The summed E-state index contributed by atoms with van der Waals surface area (Å²) >= 11 is 1.62. The highest BCUT2D eigenvalue weighted by Gasteiger charge is 2.08. The van der Waals surface area contributed by atoms with Crippen LogP contribution in [0.25, 0.3) is 16.9 Å². The van der Waals surface area contributed by atoms with Gasteiger partial charge in [0.25, 0.3) is 0 Å². The lowest BCUT2D eigenvalue weighted by molar-refractivity contribution is 0.851. The molecule has 2 aromatic carbocycles. The minimum Gasteiger partial charge on any atom is -0.337 e. The molecule has 0 saturated carbocycles. The Morgan fingerprint density at radius 1 is 0.960 bits per heavy atom. The van der Waals surface area contributed by atoms with Gasteiger partial charge in [-0.1, -0.05) is 54.2 Å². The van der Waals surface area contributed by atoms with Gasteiger partial charge in [0.05, 0.1) is 17.6 Å². The SMILES string of the molecule is Nn1cc(-c2ccccc2)nc1SCc1ccc(-n2cccn2)cc1. The van der Waals surface area contributed by atoms with Gasteiger partial charge in [-0.2, -0.15) is 5.10 Å². The van der Waals surface area contributed by atoms with Gasteiger partial charge in [0.2, 0.25) is 0 Å². The second-order valence-electron chi connectivity index (χ2n) is 5.59. The molecule has 0 aliphatic rings. The summed E-state index contributed by atoms with van der Waals surface area (Å²) < 4.78 is 3.43. The monoisotopic (exact) mass is 347 g/mol. The summed E-state index contributed by atoms with van der Waals surface area (Å²) in [4.78, 5) is 4.64. The van der Waals surface area contributed by atoms with E-state index < -0.39 is 0 Å². The number of imidazole rings is 1. The van der Waals surface area contributed by atoms with Gasteiger partial charge in [0.1, 0.15) is 0 Å². The zero-order valence-electron chi connectivity index (χ0n) is 13.5. The van der Waals surface area contributed by atoms with Crippen molar-refractivity contribution in [3.05, 3.63) is 84.8 Å². The standard InChI is InChI=1S/C19H17N5S/c20-23-13-18(16-5-2-1-3-6-16)22-19(23)25-14-15-7-9-17(10-8-15)24-12-4-11-21-24/h1-13H,14,20H2. The van der Waals surface area contributed by atoms with Crippen LogP contribution in [0.3, 0.4) is 0 Å². The summed E-state index contributed by atoms with van der Waals surface area (Å²) in [6, 6.07) is 20.3. The number of nitrogens with zero attached hydrogens (tertiary/aromatic N) is 4. The number of hydrogen-bond acceptors (Lipinski definition) is 4. The van der Waals surface area contributed by atoms with Crippen molar-refractivity contribution >= 4 is 11.8 Å². The molecule has 0 spiro atoms. The van der Waals surface area contributed by atoms with Gasteiger partial charge in [0, 0.05) is 23.7 Å². The summed E-state index contributed by atoms with van der Waals surface area (Å²) in [6.45, 7) is 0. The van der Waals surface area contributed by atoms with Crippen molar-refractivity contribution in [2.45, 2.75) is 10.9 Å². The van der Waals surface area contributed by atoms with Gasteiger partial charge >= 0.3 is 0 Å². The zero-order chi connectivity index (χ0) is 17.1. The normalized spacial score (nSPS) is 10.9. The fourth-order valence-electron chi connectivity index (χ4n) is 2.55. The molecule has 5 nitrogen and oxygen atoms in total. The van der Waals surface area contributed by atoms with E-state index in [-0.39, 0.29) is 0 Å². The molecule has 0 atom stereocenters. The molecule has 0 amide bonds. The molecule has 25 heavy (non-hydrogen) atoms. The van der Waals surface area contributed by atoms with E-state index in [1.54, 1.807) is 22.6 Å². The number of thioether (sulfide) groups is 1. The topological polar surface area (TPSA) is 61.7 Å². The lowest BCUT2D eigenvalue weighted by Gasteiger charge is -2.04. The van der Waals surface area contributed by atoms with Crippen LogP contribution >= 0.6 is 11.8 Å². The van der Waals surface area contributed by atoms with Crippen molar-refractivity contribution in [3.63, 3.8) is 0 Å². The molecular formula is C19H17N5S. The first kappa shape index (κ1) is 15.5. The van der Waals surface area contributed by atoms with Gasteiger partial charge < -0.3 is 5.84 Å². The highest BCUT2D eigenvalue weighted by atomic mass is 32.2. The second-order valence-corrected chi connectivity index (χ2v) is 6.53. The molecule has 0 bridgehead atoms. The Morgan fingerprint density at radius 2 is 1.76 bits per heavy atom. The van der Waals surface area contributed by atoms with E-state index in [1.165, 1.54) is 5.56 Å². The minimum atomic E-state index is 0.801. The second kappa shape index (κ2) is 6.86. The van der Waals surface area contributed by atoms with E-state index in [0.29, 0.717) is 0 Å². The van der Waals surface area contributed by atoms with Crippen molar-refractivity contribution in [1.29, 1.82) is 0 Å². The van der Waals surface area contributed by atoms with E-state index in [0.717, 1.165) is 27.9 Å². The third-order valence-electron chi connectivity index (χ3n) is 3.84. The molecular weight excluding hydrogens is 330 g/mol. The van der Waals surface area contributed by atoms with Crippen LogP contribution in [0.5, 0.6) is 0 Å². The predicted molar refractivity (Wildman–Crippen MR) is 101 cm³/mol. The molecule has 2 N–H and O–H groups in total. The molecule has 0 radical (unpaired) electrons. The van der Waals surface area contributed by atoms with E-state index in [4.69, 9.17) is 5.84 Å².